The van der Waals surface area contributed by atoms with E-state index in [1.807, 2.05) is 30.5 Å². The molecule has 1 aromatic heterocycles. The number of likely N-dealkylation sites (N-methyl/N-ethyl adjacent to an activating group) is 1. The number of carbonyl (C=O) groups is 2. The quantitative estimate of drug-likeness (QED) is 0.472. The number of ether oxygens (including phenoxy) is 2. The third-order valence-electron chi connectivity index (χ3n) is 6.20. The summed E-state index contributed by atoms with van der Waals surface area (Å²) in [5, 5.41) is 2.60. The lowest BCUT2D eigenvalue weighted by Gasteiger charge is -2.38. The fourth-order valence-electron chi connectivity index (χ4n) is 4.34. The van der Waals surface area contributed by atoms with Gasteiger partial charge >= 0.3 is 5.97 Å². The summed E-state index contributed by atoms with van der Waals surface area (Å²) in [6.07, 6.45) is 1.90. The molecule has 1 N–H and O–H groups in total. The van der Waals surface area contributed by atoms with Crippen LogP contribution in [0.1, 0.15) is 31.1 Å². The van der Waals surface area contributed by atoms with E-state index in [4.69, 9.17) is 9.47 Å². The Morgan fingerprint density at radius 2 is 1.83 bits per heavy atom. The van der Waals surface area contributed by atoms with Gasteiger partial charge in [-0.25, -0.2) is 9.78 Å². The average Bonchev–Trinajstić information content (AvgIpc) is 3.31. The molecular weight excluding hydrogens is 446 g/mol. The monoisotopic (exact) mass is 479 g/mol. The molecule has 0 saturated carbocycles. The Labute approximate surface area is 205 Å². The molecule has 2 aromatic carbocycles. The van der Waals surface area contributed by atoms with Crippen molar-refractivity contribution in [3.63, 3.8) is 0 Å². The molecule has 4 rings (SSSR count). The van der Waals surface area contributed by atoms with Crippen molar-refractivity contribution in [1.29, 1.82) is 0 Å². The second-order valence-electron chi connectivity index (χ2n) is 8.45. The molecule has 186 valence electrons. The molecule has 1 atom stereocenters. The van der Waals surface area contributed by atoms with Crippen LogP contribution < -0.4 is 10.2 Å². The standard InChI is InChI=1S/C26H33N5O4/c1-4-27-25(32)17-35-26(33)20-9-10-24-23(15-20)28-18-31(24)22-8-6-7-21(16-22)30-13-11-29(12-14-30)19(3)34-5-2/h6-10,15-16,18-19H,4-5,11-14,17H2,1-3H3,(H,27,32). The van der Waals surface area contributed by atoms with E-state index in [9.17, 15) is 9.59 Å². The van der Waals surface area contributed by atoms with Gasteiger partial charge in [0.05, 0.1) is 16.6 Å². The van der Waals surface area contributed by atoms with Crippen molar-refractivity contribution in [3.8, 4) is 5.69 Å². The predicted molar refractivity (Wildman–Crippen MR) is 135 cm³/mol. The number of aromatic nitrogens is 2. The maximum atomic E-state index is 12.3. The molecule has 1 saturated heterocycles. The van der Waals surface area contributed by atoms with E-state index in [0.717, 1.165) is 44.0 Å². The van der Waals surface area contributed by atoms with Crippen LogP contribution in [0.2, 0.25) is 0 Å². The van der Waals surface area contributed by atoms with Crippen LogP contribution in [0, 0.1) is 0 Å². The number of anilines is 1. The van der Waals surface area contributed by atoms with Crippen LogP contribution in [0.3, 0.4) is 0 Å². The molecule has 1 unspecified atom stereocenters. The van der Waals surface area contributed by atoms with Crippen molar-refractivity contribution in [1.82, 2.24) is 19.8 Å². The summed E-state index contributed by atoms with van der Waals surface area (Å²) in [7, 11) is 0. The van der Waals surface area contributed by atoms with Gasteiger partial charge in [0.1, 0.15) is 12.6 Å². The predicted octanol–water partition coefficient (Wildman–Crippen LogP) is 2.82. The smallest absolute Gasteiger partial charge is 0.338 e. The molecule has 35 heavy (non-hydrogen) atoms. The van der Waals surface area contributed by atoms with Crippen molar-refractivity contribution in [2.75, 3.05) is 50.8 Å². The average molecular weight is 480 g/mol. The molecule has 1 aliphatic heterocycles. The minimum Gasteiger partial charge on any atom is -0.452 e. The number of nitrogens with zero attached hydrogens (tertiary/aromatic N) is 4. The number of amides is 1. The molecule has 3 aromatic rings. The van der Waals surface area contributed by atoms with E-state index in [1.54, 1.807) is 18.5 Å². The van der Waals surface area contributed by atoms with Gasteiger partial charge in [-0.05, 0) is 57.2 Å². The first-order chi connectivity index (χ1) is 17.0. The normalized spacial score (nSPS) is 15.2. The van der Waals surface area contributed by atoms with Gasteiger partial charge in [0.2, 0.25) is 0 Å². The van der Waals surface area contributed by atoms with E-state index in [0.29, 0.717) is 17.6 Å². The maximum absolute atomic E-state index is 12.3. The lowest BCUT2D eigenvalue weighted by atomic mass is 10.2. The zero-order chi connectivity index (χ0) is 24.8. The Hall–Kier alpha value is -3.43. The zero-order valence-corrected chi connectivity index (χ0v) is 20.6. The third-order valence-corrected chi connectivity index (χ3v) is 6.20. The Balaban J connectivity index is 1.46. The fraction of sp³-hybridized carbons (Fsp3) is 0.423. The van der Waals surface area contributed by atoms with Crippen LogP contribution in [-0.2, 0) is 14.3 Å². The number of esters is 1. The Morgan fingerprint density at radius 1 is 1.06 bits per heavy atom. The molecule has 1 aliphatic rings. The molecular formula is C26H33N5O4. The number of imidazole rings is 1. The summed E-state index contributed by atoms with van der Waals surface area (Å²) >= 11 is 0. The van der Waals surface area contributed by atoms with Crippen molar-refractivity contribution in [2.45, 2.75) is 27.0 Å². The van der Waals surface area contributed by atoms with Gasteiger partial charge in [-0.15, -0.1) is 0 Å². The van der Waals surface area contributed by atoms with Crippen molar-refractivity contribution in [2.24, 2.45) is 0 Å². The van der Waals surface area contributed by atoms with E-state index >= 15 is 0 Å². The zero-order valence-electron chi connectivity index (χ0n) is 20.6. The fourth-order valence-corrected chi connectivity index (χ4v) is 4.34. The van der Waals surface area contributed by atoms with Crippen LogP contribution in [-0.4, -0.2) is 78.5 Å². The molecule has 9 nitrogen and oxygen atoms in total. The molecule has 0 radical (unpaired) electrons. The van der Waals surface area contributed by atoms with Gasteiger partial charge < -0.3 is 19.7 Å². The highest BCUT2D eigenvalue weighted by Gasteiger charge is 2.22. The number of fused-ring (bicyclic) bond motifs is 1. The van der Waals surface area contributed by atoms with Crippen molar-refractivity contribution in [3.05, 3.63) is 54.4 Å². The van der Waals surface area contributed by atoms with E-state index in [-0.39, 0.29) is 18.7 Å². The summed E-state index contributed by atoms with van der Waals surface area (Å²) in [5.74, 6) is -0.871. The first-order valence-corrected chi connectivity index (χ1v) is 12.1. The molecule has 0 bridgehead atoms. The number of benzene rings is 2. The Bertz CT molecular complexity index is 1170. The highest BCUT2D eigenvalue weighted by atomic mass is 16.5. The summed E-state index contributed by atoms with van der Waals surface area (Å²) < 4.78 is 12.8. The summed E-state index contributed by atoms with van der Waals surface area (Å²) in [6.45, 7) is 10.6. The van der Waals surface area contributed by atoms with Crippen molar-refractivity contribution < 1.29 is 19.1 Å². The Morgan fingerprint density at radius 3 is 2.57 bits per heavy atom. The Kier molecular flexibility index (Phi) is 7.99. The van der Waals surface area contributed by atoms with Crippen LogP contribution in [0.5, 0.6) is 0 Å². The van der Waals surface area contributed by atoms with Crippen LogP contribution in [0.4, 0.5) is 5.69 Å². The maximum Gasteiger partial charge on any atom is 0.338 e. The van der Waals surface area contributed by atoms with Crippen LogP contribution >= 0.6 is 0 Å². The number of nitrogens with one attached hydrogen (secondary N) is 1. The molecule has 1 amide bonds. The molecule has 0 aliphatic carbocycles. The number of piperazine rings is 1. The topological polar surface area (TPSA) is 88.9 Å². The third kappa shape index (κ3) is 5.80. The van der Waals surface area contributed by atoms with E-state index in [1.165, 1.54) is 5.69 Å². The van der Waals surface area contributed by atoms with Gasteiger partial charge in [-0.2, -0.15) is 0 Å². The number of rotatable bonds is 9. The lowest BCUT2D eigenvalue weighted by molar-refractivity contribution is -0.124. The second kappa shape index (κ2) is 11.3. The van der Waals surface area contributed by atoms with Gasteiger partial charge in [-0.1, -0.05) is 6.07 Å². The van der Waals surface area contributed by atoms with Crippen LogP contribution in [0.25, 0.3) is 16.7 Å². The van der Waals surface area contributed by atoms with E-state index in [2.05, 4.69) is 45.2 Å². The molecule has 1 fully saturated rings. The summed E-state index contributed by atoms with van der Waals surface area (Å²) in [4.78, 5) is 33.1. The SMILES string of the molecule is CCNC(=O)COC(=O)c1ccc2c(c1)ncn2-c1cccc(N2CCN(C(C)OCC)CC2)c1. The van der Waals surface area contributed by atoms with Gasteiger partial charge in [0.15, 0.2) is 6.61 Å². The number of hydrogen-bond donors (Lipinski definition) is 1. The first kappa shape index (κ1) is 24.7. The van der Waals surface area contributed by atoms with Crippen LogP contribution in [0.15, 0.2) is 48.8 Å². The largest absolute Gasteiger partial charge is 0.452 e. The highest BCUT2D eigenvalue weighted by molar-refractivity contribution is 5.95. The highest BCUT2D eigenvalue weighted by Crippen LogP contribution is 2.25. The van der Waals surface area contributed by atoms with Gasteiger partial charge in [0, 0.05) is 50.7 Å². The summed E-state index contributed by atoms with van der Waals surface area (Å²) in [5.41, 5.74) is 4.10. The minimum absolute atomic E-state index is 0.140. The molecule has 2 heterocycles. The second-order valence-corrected chi connectivity index (χ2v) is 8.45. The minimum atomic E-state index is -0.549. The van der Waals surface area contributed by atoms with Crippen molar-refractivity contribution >= 4 is 28.6 Å². The first-order valence-electron chi connectivity index (χ1n) is 12.1. The van der Waals surface area contributed by atoms with E-state index < -0.39 is 5.97 Å². The molecule has 9 heteroatoms. The number of hydrogen-bond acceptors (Lipinski definition) is 7. The lowest BCUT2D eigenvalue weighted by Crippen LogP contribution is -2.50. The van der Waals surface area contributed by atoms with Gasteiger partial charge in [0.25, 0.3) is 5.91 Å². The number of carbonyl (C=O) groups excluding carboxylic acids is 2. The van der Waals surface area contributed by atoms with Gasteiger partial charge in [-0.3, -0.25) is 14.3 Å². The molecule has 0 spiro atoms. The summed E-state index contributed by atoms with van der Waals surface area (Å²) in [6, 6.07) is 13.6.